The Morgan fingerprint density at radius 1 is 1.10 bits per heavy atom. The molecular weight excluding hydrogens is 364 g/mol. The Hall–Kier alpha value is -3.15. The molecule has 148 valence electrons. The van der Waals surface area contributed by atoms with Crippen LogP contribution in [0.5, 0.6) is 0 Å². The summed E-state index contributed by atoms with van der Waals surface area (Å²) in [5.74, 6) is 2.94. The summed E-state index contributed by atoms with van der Waals surface area (Å²) >= 11 is 0. The molecule has 0 spiro atoms. The first-order chi connectivity index (χ1) is 13.8. The molecule has 0 radical (unpaired) electrons. The minimum absolute atomic E-state index is 0.0888. The Labute approximate surface area is 169 Å². The normalized spacial score (nSPS) is 20.3. The number of ketones is 1. The Balaban J connectivity index is 1.67. The molecule has 29 heavy (non-hydrogen) atoms. The van der Waals surface area contributed by atoms with Crippen LogP contribution in [0.2, 0.25) is 0 Å². The fourth-order valence-electron chi connectivity index (χ4n) is 4.30. The smallest absolute Gasteiger partial charge is 0.227 e. The van der Waals surface area contributed by atoms with Crippen LogP contribution in [0.4, 0.5) is 5.95 Å². The van der Waals surface area contributed by atoms with Crippen molar-refractivity contribution in [3.63, 3.8) is 0 Å². The Morgan fingerprint density at radius 3 is 2.55 bits per heavy atom. The highest BCUT2D eigenvalue weighted by atomic mass is 16.3. The lowest BCUT2D eigenvalue weighted by atomic mass is 9.73. The van der Waals surface area contributed by atoms with E-state index in [2.05, 4.69) is 26.1 Å². The third-order valence-electron chi connectivity index (χ3n) is 5.67. The molecule has 3 heterocycles. The number of carbonyl (C=O) groups is 1. The number of rotatable bonds is 2. The zero-order chi connectivity index (χ0) is 20.3. The lowest BCUT2D eigenvalue weighted by Gasteiger charge is -2.37. The molecule has 2 aliphatic rings. The van der Waals surface area contributed by atoms with Crippen LogP contribution in [-0.2, 0) is 4.79 Å². The predicted octanol–water partition coefficient (Wildman–Crippen LogP) is 4.81. The van der Waals surface area contributed by atoms with Crippen LogP contribution in [0.3, 0.4) is 0 Å². The maximum Gasteiger partial charge on any atom is 0.227 e. The van der Waals surface area contributed by atoms with Gasteiger partial charge in [0.2, 0.25) is 5.95 Å². The number of nitrogens with one attached hydrogen (secondary N) is 1. The zero-order valence-electron chi connectivity index (χ0n) is 17.1. The lowest BCUT2D eigenvalue weighted by Crippen LogP contribution is -2.36. The van der Waals surface area contributed by atoms with Gasteiger partial charge in [0, 0.05) is 23.3 Å². The van der Waals surface area contributed by atoms with Crippen LogP contribution < -0.4 is 5.32 Å². The van der Waals surface area contributed by atoms with Crippen LogP contribution in [0.1, 0.15) is 49.8 Å². The molecule has 3 aromatic rings. The minimum atomic E-state index is -0.398. The Kier molecular flexibility index (Phi) is 3.81. The molecule has 1 aliphatic carbocycles. The van der Waals surface area contributed by atoms with E-state index in [0.717, 1.165) is 29.0 Å². The molecule has 0 bridgehead atoms. The number of allylic oxidation sites excluding steroid dienone is 2. The number of fused-ring (bicyclic) bond motifs is 1. The Morgan fingerprint density at radius 2 is 1.86 bits per heavy atom. The van der Waals surface area contributed by atoms with Gasteiger partial charge in [-0.15, -0.1) is 5.10 Å². The summed E-state index contributed by atoms with van der Waals surface area (Å²) in [4.78, 5) is 17.9. The second-order valence-corrected chi connectivity index (χ2v) is 8.88. The highest BCUT2D eigenvalue weighted by Crippen LogP contribution is 2.45. The van der Waals surface area contributed by atoms with Gasteiger partial charge in [0.15, 0.2) is 11.6 Å². The quantitative estimate of drug-likeness (QED) is 0.682. The standard InChI is InChI=1S/C23H24N4O2/c1-13-5-8-15(9-6-13)21-25-22-24-16-11-23(3,4)12-17(28)19(16)20(27(22)26-21)18-10-7-14(2)29-18/h5-10,20H,11-12H2,1-4H3,(H,24,25,26). The molecule has 6 heteroatoms. The SMILES string of the molecule is Cc1ccc(-c2nc3n(n2)C(c2ccc(C)o2)C2=C(CC(C)(C)CC2=O)N3)cc1. The monoisotopic (exact) mass is 388 g/mol. The number of carbonyl (C=O) groups excluding carboxylic acids is 1. The number of benzene rings is 1. The van der Waals surface area contributed by atoms with Crippen LogP contribution in [0.15, 0.2) is 52.1 Å². The number of furan rings is 1. The summed E-state index contributed by atoms with van der Waals surface area (Å²) in [6, 6.07) is 11.6. The molecule has 0 fully saturated rings. The summed E-state index contributed by atoms with van der Waals surface area (Å²) < 4.78 is 7.75. The van der Waals surface area contributed by atoms with E-state index < -0.39 is 6.04 Å². The van der Waals surface area contributed by atoms with Gasteiger partial charge < -0.3 is 9.73 Å². The van der Waals surface area contributed by atoms with Gasteiger partial charge in [-0.3, -0.25) is 4.79 Å². The second-order valence-electron chi connectivity index (χ2n) is 8.88. The van der Waals surface area contributed by atoms with E-state index in [1.807, 2.05) is 43.3 Å². The summed E-state index contributed by atoms with van der Waals surface area (Å²) in [5, 5.41) is 8.18. The molecule has 1 N–H and O–H groups in total. The van der Waals surface area contributed by atoms with Crippen LogP contribution >= 0.6 is 0 Å². The zero-order valence-corrected chi connectivity index (χ0v) is 17.1. The van der Waals surface area contributed by atoms with Gasteiger partial charge in [-0.05, 0) is 37.8 Å². The number of nitrogens with zero attached hydrogens (tertiary/aromatic N) is 3. The Bertz CT molecular complexity index is 1150. The number of anilines is 1. The summed E-state index contributed by atoms with van der Waals surface area (Å²) in [6.07, 6.45) is 1.30. The number of Topliss-reactive ketones (excluding diaryl/α,β-unsaturated/α-hetero) is 1. The van der Waals surface area contributed by atoms with E-state index in [-0.39, 0.29) is 11.2 Å². The van der Waals surface area contributed by atoms with E-state index in [1.165, 1.54) is 5.56 Å². The molecule has 5 rings (SSSR count). The van der Waals surface area contributed by atoms with E-state index >= 15 is 0 Å². The van der Waals surface area contributed by atoms with Gasteiger partial charge in [0.05, 0.1) is 0 Å². The molecule has 0 amide bonds. The molecule has 1 unspecified atom stereocenters. The third kappa shape index (κ3) is 2.99. The molecule has 0 saturated carbocycles. The second kappa shape index (κ2) is 6.17. The van der Waals surface area contributed by atoms with Gasteiger partial charge >= 0.3 is 0 Å². The van der Waals surface area contributed by atoms with E-state index in [1.54, 1.807) is 4.68 Å². The lowest BCUT2D eigenvalue weighted by molar-refractivity contribution is -0.118. The van der Waals surface area contributed by atoms with Gasteiger partial charge in [-0.1, -0.05) is 43.7 Å². The topological polar surface area (TPSA) is 73.0 Å². The number of aryl methyl sites for hydroxylation is 2. The van der Waals surface area contributed by atoms with Crippen molar-refractivity contribution in [1.29, 1.82) is 0 Å². The van der Waals surface area contributed by atoms with Gasteiger partial charge in [-0.25, -0.2) is 4.68 Å². The first-order valence-corrected chi connectivity index (χ1v) is 9.94. The fraction of sp³-hybridized carbons (Fsp3) is 0.348. The average molecular weight is 388 g/mol. The molecular formula is C23H24N4O2. The first kappa shape index (κ1) is 17.9. The first-order valence-electron chi connectivity index (χ1n) is 9.94. The predicted molar refractivity (Wildman–Crippen MR) is 110 cm³/mol. The van der Waals surface area contributed by atoms with E-state index in [4.69, 9.17) is 14.5 Å². The summed E-state index contributed by atoms with van der Waals surface area (Å²) in [5.41, 5.74) is 3.71. The molecule has 1 atom stereocenters. The molecule has 1 aliphatic heterocycles. The van der Waals surface area contributed by atoms with Crippen molar-refractivity contribution in [3.05, 3.63) is 64.8 Å². The van der Waals surface area contributed by atoms with Crippen LogP contribution in [0, 0.1) is 19.3 Å². The van der Waals surface area contributed by atoms with Crippen molar-refractivity contribution >= 4 is 11.7 Å². The van der Waals surface area contributed by atoms with Gasteiger partial charge in [-0.2, -0.15) is 4.98 Å². The van der Waals surface area contributed by atoms with Crippen LogP contribution in [-0.4, -0.2) is 20.5 Å². The third-order valence-corrected chi connectivity index (χ3v) is 5.67. The van der Waals surface area contributed by atoms with Crippen molar-refractivity contribution in [2.24, 2.45) is 5.41 Å². The maximum atomic E-state index is 13.2. The fourth-order valence-corrected chi connectivity index (χ4v) is 4.30. The molecule has 6 nitrogen and oxygen atoms in total. The average Bonchev–Trinajstić information content (AvgIpc) is 3.25. The van der Waals surface area contributed by atoms with Crippen LogP contribution in [0.25, 0.3) is 11.4 Å². The maximum absolute atomic E-state index is 13.2. The van der Waals surface area contributed by atoms with Gasteiger partial charge in [0.1, 0.15) is 17.6 Å². The van der Waals surface area contributed by atoms with Crippen molar-refractivity contribution in [1.82, 2.24) is 14.8 Å². The minimum Gasteiger partial charge on any atom is -0.464 e. The highest BCUT2D eigenvalue weighted by Gasteiger charge is 2.43. The largest absolute Gasteiger partial charge is 0.464 e. The number of aromatic nitrogens is 3. The highest BCUT2D eigenvalue weighted by molar-refractivity contribution is 6.00. The number of hydrogen-bond donors (Lipinski definition) is 1. The molecule has 1 aromatic carbocycles. The van der Waals surface area contributed by atoms with Gasteiger partial charge in [0.25, 0.3) is 0 Å². The van der Waals surface area contributed by atoms with Crippen molar-refractivity contribution in [3.8, 4) is 11.4 Å². The van der Waals surface area contributed by atoms with Crippen molar-refractivity contribution in [2.45, 2.75) is 46.6 Å². The number of hydrogen-bond acceptors (Lipinski definition) is 5. The summed E-state index contributed by atoms with van der Waals surface area (Å²) in [7, 11) is 0. The van der Waals surface area contributed by atoms with Crippen molar-refractivity contribution < 1.29 is 9.21 Å². The van der Waals surface area contributed by atoms with E-state index in [0.29, 0.717) is 24.0 Å². The summed E-state index contributed by atoms with van der Waals surface area (Å²) in [6.45, 7) is 8.21. The van der Waals surface area contributed by atoms with Crippen molar-refractivity contribution in [2.75, 3.05) is 5.32 Å². The van der Waals surface area contributed by atoms with E-state index in [9.17, 15) is 4.79 Å². The molecule has 0 saturated heterocycles. The molecule has 2 aromatic heterocycles.